The molecule has 4 nitrogen and oxygen atoms in total. The van der Waals surface area contributed by atoms with Crippen molar-refractivity contribution < 1.29 is 4.79 Å². The van der Waals surface area contributed by atoms with E-state index < -0.39 is 0 Å². The molecule has 0 bridgehead atoms. The summed E-state index contributed by atoms with van der Waals surface area (Å²) in [5.41, 5.74) is 4.32. The van der Waals surface area contributed by atoms with Crippen LogP contribution in [-0.2, 0) is 11.2 Å². The standard InChI is InChI=1S/C18H23N3O/c1-12(15-6-4-3-5-7-15)19-18(22)11-14-8-9-16-17(10-14)21-13(2)20-16/h6,8-10,12H,3-5,7,11H2,1-2H3,(H,19,22)(H,20,21). The molecule has 2 aromatic rings. The molecule has 1 unspecified atom stereocenters. The first-order valence-corrected chi connectivity index (χ1v) is 8.05. The summed E-state index contributed by atoms with van der Waals surface area (Å²) >= 11 is 0. The molecule has 2 N–H and O–H groups in total. The van der Waals surface area contributed by atoms with Gasteiger partial charge in [0.1, 0.15) is 5.82 Å². The van der Waals surface area contributed by atoms with Crippen LogP contribution in [0.15, 0.2) is 29.8 Å². The van der Waals surface area contributed by atoms with Gasteiger partial charge in [-0.3, -0.25) is 4.79 Å². The molecular formula is C18H23N3O. The quantitative estimate of drug-likeness (QED) is 0.850. The second kappa shape index (κ2) is 6.34. The van der Waals surface area contributed by atoms with Gasteiger partial charge in [-0.15, -0.1) is 0 Å². The van der Waals surface area contributed by atoms with E-state index in [1.54, 1.807) is 0 Å². The SMILES string of the molecule is Cc1nc2ccc(CC(=O)NC(C)C3=CCCCC3)cc2[nH]1. The Morgan fingerprint density at radius 3 is 3.05 bits per heavy atom. The highest BCUT2D eigenvalue weighted by atomic mass is 16.1. The Labute approximate surface area is 131 Å². The van der Waals surface area contributed by atoms with Crippen molar-refractivity contribution in [3.8, 4) is 0 Å². The van der Waals surface area contributed by atoms with Crippen LogP contribution in [0.1, 0.15) is 44.0 Å². The number of hydrogen-bond acceptors (Lipinski definition) is 2. The lowest BCUT2D eigenvalue weighted by Gasteiger charge is -2.20. The lowest BCUT2D eigenvalue weighted by molar-refractivity contribution is -0.120. The third-order valence-electron chi connectivity index (χ3n) is 4.29. The molecular weight excluding hydrogens is 274 g/mol. The third-order valence-corrected chi connectivity index (χ3v) is 4.29. The fourth-order valence-electron chi connectivity index (χ4n) is 3.12. The highest BCUT2D eigenvalue weighted by Gasteiger charge is 2.14. The molecule has 0 fully saturated rings. The van der Waals surface area contributed by atoms with Gasteiger partial charge in [0, 0.05) is 6.04 Å². The summed E-state index contributed by atoms with van der Waals surface area (Å²) in [7, 11) is 0. The van der Waals surface area contributed by atoms with Crippen LogP contribution in [0.3, 0.4) is 0 Å². The minimum Gasteiger partial charge on any atom is -0.350 e. The van der Waals surface area contributed by atoms with Gasteiger partial charge in [-0.1, -0.05) is 17.7 Å². The Morgan fingerprint density at radius 2 is 2.27 bits per heavy atom. The van der Waals surface area contributed by atoms with Crippen molar-refractivity contribution >= 4 is 16.9 Å². The fraction of sp³-hybridized carbons (Fsp3) is 0.444. The number of H-pyrrole nitrogens is 1. The van der Waals surface area contributed by atoms with Crippen molar-refractivity contribution in [3.05, 3.63) is 41.2 Å². The summed E-state index contributed by atoms with van der Waals surface area (Å²) in [6, 6.07) is 6.10. The maximum atomic E-state index is 12.2. The predicted octanol–water partition coefficient (Wildman–Crippen LogP) is 3.42. The first kappa shape index (κ1) is 14.8. The van der Waals surface area contributed by atoms with Gasteiger partial charge < -0.3 is 10.3 Å². The Balaban J connectivity index is 1.63. The molecule has 1 aromatic heterocycles. The van der Waals surface area contributed by atoms with Crippen LogP contribution in [0.5, 0.6) is 0 Å². The lowest BCUT2D eigenvalue weighted by atomic mass is 9.94. The summed E-state index contributed by atoms with van der Waals surface area (Å²) in [6.07, 6.45) is 7.46. The van der Waals surface area contributed by atoms with E-state index in [1.807, 2.05) is 25.1 Å². The second-order valence-electron chi connectivity index (χ2n) is 6.16. The number of benzene rings is 1. The first-order chi connectivity index (χ1) is 10.6. The van der Waals surface area contributed by atoms with Gasteiger partial charge in [0.25, 0.3) is 0 Å². The van der Waals surface area contributed by atoms with Crippen molar-refractivity contribution in [1.29, 1.82) is 0 Å². The summed E-state index contributed by atoms with van der Waals surface area (Å²) in [5, 5.41) is 3.12. The Morgan fingerprint density at radius 1 is 1.41 bits per heavy atom. The van der Waals surface area contributed by atoms with Crippen molar-refractivity contribution in [3.63, 3.8) is 0 Å². The van der Waals surface area contributed by atoms with Gasteiger partial charge in [-0.05, 0) is 57.2 Å². The molecule has 116 valence electrons. The zero-order valence-corrected chi connectivity index (χ0v) is 13.3. The second-order valence-corrected chi connectivity index (χ2v) is 6.16. The number of aryl methyl sites for hydroxylation is 1. The molecule has 0 radical (unpaired) electrons. The zero-order chi connectivity index (χ0) is 15.5. The van der Waals surface area contributed by atoms with Gasteiger partial charge in [0.15, 0.2) is 0 Å². The number of fused-ring (bicyclic) bond motifs is 1. The number of amides is 1. The maximum absolute atomic E-state index is 12.2. The van der Waals surface area contributed by atoms with Gasteiger partial charge in [0.2, 0.25) is 5.91 Å². The molecule has 0 aliphatic heterocycles. The molecule has 1 aliphatic rings. The number of imidazole rings is 1. The number of aromatic amines is 1. The van der Waals surface area contributed by atoms with Gasteiger partial charge >= 0.3 is 0 Å². The van der Waals surface area contributed by atoms with Gasteiger partial charge in [0.05, 0.1) is 17.5 Å². The summed E-state index contributed by atoms with van der Waals surface area (Å²) < 4.78 is 0. The van der Waals surface area contributed by atoms with E-state index in [4.69, 9.17) is 0 Å². The smallest absolute Gasteiger partial charge is 0.224 e. The summed E-state index contributed by atoms with van der Waals surface area (Å²) in [6.45, 7) is 4.02. The van der Waals surface area contributed by atoms with E-state index in [-0.39, 0.29) is 11.9 Å². The highest BCUT2D eigenvalue weighted by molar-refractivity contribution is 5.82. The normalized spacial score (nSPS) is 16.4. The van der Waals surface area contributed by atoms with E-state index in [9.17, 15) is 4.79 Å². The Bertz CT molecular complexity index is 714. The van der Waals surface area contributed by atoms with Crippen LogP contribution < -0.4 is 5.32 Å². The molecule has 3 rings (SSSR count). The van der Waals surface area contributed by atoms with E-state index in [0.717, 1.165) is 35.3 Å². The molecule has 1 aliphatic carbocycles. The zero-order valence-electron chi connectivity index (χ0n) is 13.3. The number of nitrogens with zero attached hydrogens (tertiary/aromatic N) is 1. The van der Waals surface area contributed by atoms with E-state index in [2.05, 4.69) is 28.3 Å². The number of carbonyl (C=O) groups is 1. The van der Waals surface area contributed by atoms with E-state index in [1.165, 1.54) is 18.4 Å². The van der Waals surface area contributed by atoms with Crippen LogP contribution in [-0.4, -0.2) is 21.9 Å². The van der Waals surface area contributed by atoms with Crippen LogP contribution >= 0.6 is 0 Å². The van der Waals surface area contributed by atoms with Crippen LogP contribution in [0.2, 0.25) is 0 Å². The number of rotatable bonds is 4. The number of carbonyl (C=O) groups excluding carboxylic acids is 1. The molecule has 1 aromatic carbocycles. The molecule has 0 saturated carbocycles. The van der Waals surface area contributed by atoms with Gasteiger partial charge in [-0.25, -0.2) is 4.98 Å². The van der Waals surface area contributed by atoms with E-state index in [0.29, 0.717) is 6.42 Å². The number of allylic oxidation sites excluding steroid dienone is 1. The Kier molecular flexibility index (Phi) is 4.27. The average molecular weight is 297 g/mol. The monoisotopic (exact) mass is 297 g/mol. The van der Waals surface area contributed by atoms with Crippen molar-refractivity contribution in [1.82, 2.24) is 15.3 Å². The first-order valence-electron chi connectivity index (χ1n) is 8.05. The molecule has 1 atom stereocenters. The lowest BCUT2D eigenvalue weighted by Crippen LogP contribution is -2.35. The number of aromatic nitrogens is 2. The third kappa shape index (κ3) is 3.38. The minimum atomic E-state index is 0.0783. The van der Waals surface area contributed by atoms with Crippen molar-refractivity contribution in [2.45, 2.75) is 52.0 Å². The van der Waals surface area contributed by atoms with Crippen molar-refractivity contribution in [2.24, 2.45) is 0 Å². The van der Waals surface area contributed by atoms with Crippen molar-refractivity contribution in [2.75, 3.05) is 0 Å². The highest BCUT2D eigenvalue weighted by Crippen LogP contribution is 2.20. The number of hydrogen-bond donors (Lipinski definition) is 2. The molecule has 1 heterocycles. The van der Waals surface area contributed by atoms with E-state index >= 15 is 0 Å². The summed E-state index contributed by atoms with van der Waals surface area (Å²) in [5.74, 6) is 0.976. The van der Waals surface area contributed by atoms with Gasteiger partial charge in [-0.2, -0.15) is 0 Å². The fourth-order valence-corrected chi connectivity index (χ4v) is 3.12. The molecule has 0 spiro atoms. The molecule has 22 heavy (non-hydrogen) atoms. The number of nitrogens with one attached hydrogen (secondary N) is 2. The minimum absolute atomic E-state index is 0.0783. The largest absolute Gasteiger partial charge is 0.350 e. The topological polar surface area (TPSA) is 57.8 Å². The average Bonchev–Trinajstić information content (AvgIpc) is 2.87. The molecule has 1 amide bonds. The predicted molar refractivity (Wildman–Crippen MR) is 88.7 cm³/mol. The van der Waals surface area contributed by atoms with Crippen LogP contribution in [0.4, 0.5) is 0 Å². The maximum Gasteiger partial charge on any atom is 0.224 e. The summed E-state index contributed by atoms with van der Waals surface area (Å²) in [4.78, 5) is 19.8. The molecule has 4 heteroatoms. The van der Waals surface area contributed by atoms with Crippen LogP contribution in [0.25, 0.3) is 11.0 Å². The molecule has 0 saturated heterocycles. The van der Waals surface area contributed by atoms with Crippen LogP contribution in [0, 0.1) is 6.92 Å². The Hall–Kier alpha value is -2.10.